The van der Waals surface area contributed by atoms with Gasteiger partial charge in [0.05, 0.1) is 6.04 Å². The Morgan fingerprint density at radius 3 is 2.82 bits per heavy atom. The second-order valence-corrected chi connectivity index (χ2v) is 4.37. The molecule has 0 saturated carbocycles. The fourth-order valence-corrected chi connectivity index (χ4v) is 1.85. The third-order valence-corrected chi connectivity index (χ3v) is 2.92. The zero-order valence-corrected chi connectivity index (χ0v) is 10.8. The summed E-state index contributed by atoms with van der Waals surface area (Å²) in [5.74, 6) is 0.196. The van der Waals surface area contributed by atoms with Crippen molar-refractivity contribution in [2.24, 2.45) is 10.9 Å². The molecule has 4 nitrogen and oxygen atoms in total. The second-order valence-electron chi connectivity index (χ2n) is 3.93. The van der Waals surface area contributed by atoms with E-state index in [2.05, 4.69) is 10.5 Å². The summed E-state index contributed by atoms with van der Waals surface area (Å²) < 4.78 is 0. The summed E-state index contributed by atoms with van der Waals surface area (Å²) in [6.07, 6.45) is 0.751. The van der Waals surface area contributed by atoms with Crippen LogP contribution in [0.5, 0.6) is 0 Å². The molecule has 0 amide bonds. The highest BCUT2D eigenvalue weighted by molar-refractivity contribution is 6.30. The minimum absolute atomic E-state index is 0.0824. The van der Waals surface area contributed by atoms with Gasteiger partial charge in [0.2, 0.25) is 0 Å². The molecule has 0 spiro atoms. The highest BCUT2D eigenvalue weighted by Gasteiger charge is 2.15. The van der Waals surface area contributed by atoms with Crippen molar-refractivity contribution in [1.82, 2.24) is 5.32 Å². The Labute approximate surface area is 106 Å². The quantitative estimate of drug-likeness (QED) is 0.328. The number of nitrogens with one attached hydrogen (secondary N) is 1. The van der Waals surface area contributed by atoms with Gasteiger partial charge in [-0.25, -0.2) is 0 Å². The van der Waals surface area contributed by atoms with Crippen LogP contribution in [0.15, 0.2) is 29.4 Å². The molecule has 0 heterocycles. The molecule has 94 valence electrons. The van der Waals surface area contributed by atoms with Gasteiger partial charge in [-0.1, -0.05) is 35.8 Å². The molecule has 0 aliphatic heterocycles. The summed E-state index contributed by atoms with van der Waals surface area (Å²) in [6, 6.07) is 7.56. The average Bonchev–Trinajstić information content (AvgIpc) is 2.34. The van der Waals surface area contributed by atoms with Gasteiger partial charge < -0.3 is 16.3 Å². The van der Waals surface area contributed by atoms with Gasteiger partial charge in [-0.3, -0.25) is 0 Å². The summed E-state index contributed by atoms with van der Waals surface area (Å²) in [6.45, 7) is 3.99. The van der Waals surface area contributed by atoms with E-state index in [-0.39, 0.29) is 17.9 Å². The minimum atomic E-state index is -0.144. The lowest BCUT2D eigenvalue weighted by atomic mass is 10.1. The number of nitrogens with zero attached hydrogens (tertiary/aromatic N) is 1. The number of hydrogen-bond donors (Lipinski definition) is 3. The van der Waals surface area contributed by atoms with Crippen LogP contribution in [-0.4, -0.2) is 17.1 Å². The smallest absolute Gasteiger partial charge is 0.156 e. The monoisotopic (exact) mass is 255 g/mol. The molecule has 1 aromatic carbocycles. The fourth-order valence-electron chi connectivity index (χ4n) is 1.66. The molecule has 4 N–H and O–H groups in total. The molecule has 2 atom stereocenters. The molecule has 17 heavy (non-hydrogen) atoms. The third-order valence-electron chi connectivity index (χ3n) is 2.68. The van der Waals surface area contributed by atoms with Crippen LogP contribution in [0.2, 0.25) is 5.02 Å². The van der Waals surface area contributed by atoms with Crippen LogP contribution in [0.1, 0.15) is 31.9 Å². The van der Waals surface area contributed by atoms with E-state index in [4.69, 9.17) is 22.5 Å². The highest BCUT2D eigenvalue weighted by Crippen LogP contribution is 2.18. The van der Waals surface area contributed by atoms with Gasteiger partial charge in [0.1, 0.15) is 0 Å². The van der Waals surface area contributed by atoms with E-state index in [9.17, 15) is 0 Å². The van der Waals surface area contributed by atoms with Crippen LogP contribution in [0, 0.1) is 0 Å². The predicted molar refractivity (Wildman–Crippen MR) is 70.5 cm³/mol. The maximum atomic E-state index is 8.67. The molecule has 2 unspecified atom stereocenters. The normalized spacial score (nSPS) is 15.6. The SMILES string of the molecule is CCC(NC(C)c1cccc(Cl)c1)C(N)=NO. The number of nitrogens with two attached hydrogens (primary N) is 1. The van der Waals surface area contributed by atoms with Gasteiger partial charge in [-0.15, -0.1) is 0 Å². The Kier molecular flexibility index (Phi) is 5.25. The molecule has 1 rings (SSSR count). The van der Waals surface area contributed by atoms with Crippen molar-refractivity contribution in [3.05, 3.63) is 34.9 Å². The largest absolute Gasteiger partial charge is 0.409 e. The Morgan fingerprint density at radius 1 is 1.59 bits per heavy atom. The minimum Gasteiger partial charge on any atom is -0.409 e. The number of hydrogen-bond acceptors (Lipinski definition) is 3. The molecule has 0 radical (unpaired) electrons. The zero-order valence-electron chi connectivity index (χ0n) is 10.0. The zero-order chi connectivity index (χ0) is 12.8. The molecule has 0 aromatic heterocycles. The van der Waals surface area contributed by atoms with Crippen LogP contribution in [0.25, 0.3) is 0 Å². The molecule has 5 heteroatoms. The van der Waals surface area contributed by atoms with Gasteiger partial charge in [-0.05, 0) is 31.0 Å². The molecule has 0 fully saturated rings. The maximum Gasteiger partial charge on any atom is 0.156 e. The lowest BCUT2D eigenvalue weighted by Gasteiger charge is -2.21. The topological polar surface area (TPSA) is 70.6 Å². The van der Waals surface area contributed by atoms with Crippen molar-refractivity contribution in [2.45, 2.75) is 32.4 Å². The Balaban J connectivity index is 2.74. The van der Waals surface area contributed by atoms with Gasteiger partial charge >= 0.3 is 0 Å². The van der Waals surface area contributed by atoms with Crippen LogP contribution in [0.4, 0.5) is 0 Å². The van der Waals surface area contributed by atoms with E-state index in [1.807, 2.05) is 38.1 Å². The van der Waals surface area contributed by atoms with Crippen LogP contribution in [0.3, 0.4) is 0 Å². The van der Waals surface area contributed by atoms with E-state index in [0.717, 1.165) is 12.0 Å². The summed E-state index contributed by atoms with van der Waals surface area (Å²) in [5, 5.41) is 15.7. The molecular formula is C12H18ClN3O. The highest BCUT2D eigenvalue weighted by atomic mass is 35.5. The molecule has 0 saturated heterocycles. The molecule has 0 aliphatic rings. The number of halogens is 1. The van der Waals surface area contributed by atoms with E-state index in [1.54, 1.807) is 0 Å². The van der Waals surface area contributed by atoms with E-state index < -0.39 is 0 Å². The van der Waals surface area contributed by atoms with Gasteiger partial charge in [0.25, 0.3) is 0 Å². The van der Waals surface area contributed by atoms with Crippen molar-refractivity contribution in [2.75, 3.05) is 0 Å². The van der Waals surface area contributed by atoms with Gasteiger partial charge in [0, 0.05) is 11.1 Å². The Hall–Kier alpha value is -1.26. The first-order valence-electron chi connectivity index (χ1n) is 5.57. The number of amidine groups is 1. The van der Waals surface area contributed by atoms with Crippen LogP contribution in [-0.2, 0) is 0 Å². The average molecular weight is 256 g/mol. The second kappa shape index (κ2) is 6.47. The third kappa shape index (κ3) is 3.91. The van der Waals surface area contributed by atoms with Crippen molar-refractivity contribution in [3.8, 4) is 0 Å². The van der Waals surface area contributed by atoms with Crippen molar-refractivity contribution in [1.29, 1.82) is 0 Å². The van der Waals surface area contributed by atoms with E-state index in [1.165, 1.54) is 0 Å². The van der Waals surface area contributed by atoms with Crippen molar-refractivity contribution < 1.29 is 5.21 Å². The number of oxime groups is 1. The lowest BCUT2D eigenvalue weighted by molar-refractivity contribution is 0.313. The first kappa shape index (κ1) is 13.8. The predicted octanol–water partition coefficient (Wildman–Crippen LogP) is 2.52. The molecule has 0 bridgehead atoms. The maximum absolute atomic E-state index is 8.67. The first-order chi connectivity index (χ1) is 8.08. The summed E-state index contributed by atoms with van der Waals surface area (Å²) in [4.78, 5) is 0. The Bertz CT molecular complexity index is 395. The summed E-state index contributed by atoms with van der Waals surface area (Å²) in [5.41, 5.74) is 6.67. The standard InChI is InChI=1S/C12H18ClN3O/c1-3-11(12(14)16-17)15-8(2)9-5-4-6-10(13)7-9/h4-8,11,15,17H,3H2,1-2H3,(H2,14,16). The summed E-state index contributed by atoms with van der Waals surface area (Å²) >= 11 is 5.93. The molecular weight excluding hydrogens is 238 g/mol. The molecule has 1 aromatic rings. The van der Waals surface area contributed by atoms with Crippen molar-refractivity contribution >= 4 is 17.4 Å². The lowest BCUT2D eigenvalue weighted by Crippen LogP contribution is -2.42. The molecule has 0 aliphatic carbocycles. The van der Waals surface area contributed by atoms with Gasteiger partial charge in [0.15, 0.2) is 5.84 Å². The summed E-state index contributed by atoms with van der Waals surface area (Å²) in [7, 11) is 0. The van der Waals surface area contributed by atoms with Crippen LogP contribution >= 0.6 is 11.6 Å². The number of rotatable bonds is 5. The van der Waals surface area contributed by atoms with Crippen molar-refractivity contribution in [3.63, 3.8) is 0 Å². The van der Waals surface area contributed by atoms with E-state index in [0.29, 0.717) is 5.02 Å². The van der Waals surface area contributed by atoms with Gasteiger partial charge in [-0.2, -0.15) is 0 Å². The fraction of sp³-hybridized carbons (Fsp3) is 0.417. The first-order valence-corrected chi connectivity index (χ1v) is 5.95. The number of benzene rings is 1. The Morgan fingerprint density at radius 2 is 2.29 bits per heavy atom. The van der Waals surface area contributed by atoms with E-state index >= 15 is 0 Å². The van der Waals surface area contributed by atoms with Crippen LogP contribution < -0.4 is 11.1 Å².